The minimum Gasteiger partial charge on any atom is -0.455 e. The molecule has 0 unspecified atom stereocenters. The Kier molecular flexibility index (Phi) is 6.33. The molecule has 0 atom stereocenters. The number of aryl methyl sites for hydroxylation is 2. The molecule has 6 rings (SSSR count). The third kappa shape index (κ3) is 4.75. The molecule has 0 fully saturated rings. The molecular formula is C28H21N5O5S. The van der Waals surface area contributed by atoms with Gasteiger partial charge in [0.15, 0.2) is 0 Å². The van der Waals surface area contributed by atoms with Crippen molar-refractivity contribution < 1.29 is 14.1 Å². The van der Waals surface area contributed by atoms with Crippen LogP contribution in [-0.4, -0.2) is 26.6 Å². The van der Waals surface area contributed by atoms with E-state index in [0.717, 1.165) is 36.1 Å². The van der Waals surface area contributed by atoms with E-state index in [-0.39, 0.29) is 11.2 Å². The number of nitro benzene ring substituents is 1. The largest absolute Gasteiger partial charge is 0.455 e. The maximum Gasteiger partial charge on any atom is 0.271 e. The summed E-state index contributed by atoms with van der Waals surface area (Å²) in [6.07, 6.45) is 6.92. The number of carbonyl (C=O) groups excluding carboxylic acids is 1. The Hall–Kier alpha value is -4.90. The fourth-order valence-corrected chi connectivity index (χ4v) is 5.92. The second-order valence-electron chi connectivity index (χ2n) is 9.07. The van der Waals surface area contributed by atoms with Gasteiger partial charge in [0.2, 0.25) is 0 Å². The summed E-state index contributed by atoms with van der Waals surface area (Å²) in [4.78, 5) is 43.3. The van der Waals surface area contributed by atoms with Crippen molar-refractivity contribution in [3.05, 3.63) is 109 Å². The molecule has 3 heterocycles. The smallest absolute Gasteiger partial charge is 0.271 e. The quantitative estimate of drug-likeness (QED) is 0.178. The number of furan rings is 1. The number of nitrogens with zero attached hydrogens (tertiary/aromatic N) is 4. The number of fused-ring (bicyclic) bond motifs is 3. The first-order chi connectivity index (χ1) is 19.0. The van der Waals surface area contributed by atoms with Gasteiger partial charge in [-0.2, -0.15) is 5.10 Å². The Balaban J connectivity index is 1.19. The molecule has 3 aromatic heterocycles. The highest BCUT2D eigenvalue weighted by Crippen LogP contribution is 2.33. The van der Waals surface area contributed by atoms with Gasteiger partial charge in [-0.3, -0.25) is 24.3 Å². The first-order valence-corrected chi connectivity index (χ1v) is 13.1. The SMILES string of the molecule is O=C(N/N=C/c1ccc(-c2cccc([N+](=O)[O-])c2)o1)c1cccc(-n2cnc3sc4c(c3c2=O)CCCC4)c1. The molecule has 11 heteroatoms. The van der Waals surface area contributed by atoms with E-state index in [1.54, 1.807) is 59.9 Å². The van der Waals surface area contributed by atoms with Gasteiger partial charge in [0.1, 0.15) is 22.7 Å². The lowest BCUT2D eigenvalue weighted by molar-refractivity contribution is -0.384. The Labute approximate surface area is 225 Å². The zero-order valence-electron chi connectivity index (χ0n) is 20.5. The molecule has 0 bridgehead atoms. The van der Waals surface area contributed by atoms with Crippen molar-refractivity contribution in [2.24, 2.45) is 5.10 Å². The van der Waals surface area contributed by atoms with E-state index in [4.69, 9.17) is 4.42 Å². The van der Waals surface area contributed by atoms with Gasteiger partial charge in [-0.05, 0) is 61.6 Å². The van der Waals surface area contributed by atoms with E-state index in [1.807, 2.05) is 0 Å². The van der Waals surface area contributed by atoms with Gasteiger partial charge < -0.3 is 4.42 Å². The average molecular weight is 540 g/mol. The number of amides is 1. The van der Waals surface area contributed by atoms with Crippen molar-refractivity contribution in [2.75, 3.05) is 0 Å². The highest BCUT2D eigenvalue weighted by atomic mass is 32.1. The van der Waals surface area contributed by atoms with E-state index in [0.29, 0.717) is 33.7 Å². The summed E-state index contributed by atoms with van der Waals surface area (Å²) in [5, 5.41) is 15.7. The van der Waals surface area contributed by atoms with Crippen LogP contribution in [0.5, 0.6) is 0 Å². The first kappa shape index (κ1) is 24.4. The summed E-state index contributed by atoms with van der Waals surface area (Å²) < 4.78 is 7.16. The number of carbonyl (C=O) groups is 1. The highest BCUT2D eigenvalue weighted by molar-refractivity contribution is 7.18. The highest BCUT2D eigenvalue weighted by Gasteiger charge is 2.20. The van der Waals surface area contributed by atoms with Crippen molar-refractivity contribution in [2.45, 2.75) is 25.7 Å². The number of rotatable bonds is 6. The summed E-state index contributed by atoms with van der Waals surface area (Å²) in [7, 11) is 0. The second kappa shape index (κ2) is 10.1. The fourth-order valence-electron chi connectivity index (χ4n) is 4.70. The maximum absolute atomic E-state index is 13.4. The van der Waals surface area contributed by atoms with Crippen LogP contribution in [-0.2, 0) is 12.8 Å². The molecule has 2 aromatic carbocycles. The Morgan fingerprint density at radius 1 is 1.13 bits per heavy atom. The molecule has 1 aliphatic rings. The molecule has 0 saturated carbocycles. The van der Waals surface area contributed by atoms with Gasteiger partial charge >= 0.3 is 0 Å². The lowest BCUT2D eigenvalue weighted by atomic mass is 9.97. The van der Waals surface area contributed by atoms with Crippen molar-refractivity contribution >= 4 is 39.4 Å². The minimum atomic E-state index is -0.473. The topological polar surface area (TPSA) is 133 Å². The van der Waals surface area contributed by atoms with Gasteiger partial charge in [-0.15, -0.1) is 11.3 Å². The first-order valence-electron chi connectivity index (χ1n) is 12.3. The summed E-state index contributed by atoms with van der Waals surface area (Å²) in [6.45, 7) is 0. The predicted molar refractivity (Wildman–Crippen MR) is 148 cm³/mol. The average Bonchev–Trinajstić information content (AvgIpc) is 3.58. The van der Waals surface area contributed by atoms with Crippen molar-refractivity contribution in [3.63, 3.8) is 0 Å². The van der Waals surface area contributed by atoms with Crippen LogP contribution in [0.2, 0.25) is 0 Å². The third-order valence-corrected chi connectivity index (χ3v) is 7.79. The van der Waals surface area contributed by atoms with Crippen LogP contribution in [0, 0.1) is 10.1 Å². The third-order valence-electron chi connectivity index (χ3n) is 6.59. The van der Waals surface area contributed by atoms with Crippen LogP contribution in [0.4, 0.5) is 5.69 Å². The second-order valence-corrected chi connectivity index (χ2v) is 10.2. The van der Waals surface area contributed by atoms with Gasteiger partial charge in [-0.25, -0.2) is 10.4 Å². The summed E-state index contributed by atoms with van der Waals surface area (Å²) in [5.41, 5.74) is 4.81. The number of non-ortho nitro benzene ring substituents is 1. The Morgan fingerprint density at radius 3 is 2.85 bits per heavy atom. The fraction of sp³-hybridized carbons (Fsp3) is 0.143. The molecule has 0 radical (unpaired) electrons. The van der Waals surface area contributed by atoms with Crippen LogP contribution in [0.25, 0.3) is 27.2 Å². The monoisotopic (exact) mass is 539 g/mol. The molecule has 10 nitrogen and oxygen atoms in total. The number of aromatic nitrogens is 2. The van der Waals surface area contributed by atoms with Crippen molar-refractivity contribution in [1.82, 2.24) is 15.0 Å². The molecule has 5 aromatic rings. The molecular weight excluding hydrogens is 518 g/mol. The predicted octanol–water partition coefficient (Wildman–Crippen LogP) is 5.26. The van der Waals surface area contributed by atoms with E-state index >= 15 is 0 Å². The van der Waals surface area contributed by atoms with Crippen molar-refractivity contribution in [3.8, 4) is 17.0 Å². The molecule has 1 amide bonds. The van der Waals surface area contributed by atoms with Crippen LogP contribution >= 0.6 is 11.3 Å². The molecule has 0 spiro atoms. The van der Waals surface area contributed by atoms with E-state index in [1.165, 1.54) is 34.1 Å². The zero-order chi connectivity index (χ0) is 26.9. The van der Waals surface area contributed by atoms with Crippen molar-refractivity contribution in [1.29, 1.82) is 0 Å². The van der Waals surface area contributed by atoms with Gasteiger partial charge in [0, 0.05) is 28.1 Å². The molecule has 194 valence electrons. The van der Waals surface area contributed by atoms with Crippen LogP contribution < -0.4 is 11.0 Å². The normalized spacial score (nSPS) is 13.0. The molecule has 1 N–H and O–H groups in total. The van der Waals surface area contributed by atoms with Gasteiger partial charge in [-0.1, -0.05) is 18.2 Å². The van der Waals surface area contributed by atoms with E-state index in [2.05, 4.69) is 15.5 Å². The molecule has 1 aliphatic carbocycles. The van der Waals surface area contributed by atoms with Gasteiger partial charge in [0.25, 0.3) is 17.2 Å². The number of hydrazone groups is 1. The number of thiophene rings is 1. The summed E-state index contributed by atoms with van der Waals surface area (Å²) >= 11 is 1.60. The van der Waals surface area contributed by atoms with Gasteiger partial charge in [0.05, 0.1) is 22.2 Å². The van der Waals surface area contributed by atoms with E-state index < -0.39 is 10.8 Å². The number of hydrogen-bond acceptors (Lipinski definition) is 8. The van der Waals surface area contributed by atoms with Crippen LogP contribution in [0.1, 0.15) is 39.4 Å². The zero-order valence-corrected chi connectivity index (χ0v) is 21.3. The number of nitrogens with one attached hydrogen (secondary N) is 1. The number of nitro groups is 1. The summed E-state index contributed by atoms with van der Waals surface area (Å²) in [5.74, 6) is 0.325. The number of hydrogen-bond donors (Lipinski definition) is 1. The number of benzene rings is 2. The minimum absolute atomic E-state index is 0.0405. The standard InChI is InChI=1S/C28H21N5O5S/c34-26(31-30-15-21-11-12-23(38-21)17-5-3-8-20(13-17)33(36)37)18-6-4-7-19(14-18)32-16-29-27-25(28(32)35)22-9-1-2-10-24(22)39-27/h3-8,11-16H,1-2,9-10H2,(H,31,34)/b30-15+. The molecule has 0 aliphatic heterocycles. The molecule has 0 saturated heterocycles. The Bertz CT molecular complexity index is 1830. The van der Waals surface area contributed by atoms with Crippen LogP contribution in [0.3, 0.4) is 0 Å². The van der Waals surface area contributed by atoms with E-state index in [9.17, 15) is 19.7 Å². The molecule has 39 heavy (non-hydrogen) atoms. The van der Waals surface area contributed by atoms with Crippen LogP contribution in [0.15, 0.2) is 81.3 Å². The lowest BCUT2D eigenvalue weighted by Gasteiger charge is -2.11. The Morgan fingerprint density at radius 2 is 1.97 bits per heavy atom. The lowest BCUT2D eigenvalue weighted by Crippen LogP contribution is -2.21. The summed E-state index contributed by atoms with van der Waals surface area (Å²) in [6, 6.07) is 16.1. The maximum atomic E-state index is 13.4.